The first-order chi connectivity index (χ1) is 3.77. The summed E-state index contributed by atoms with van der Waals surface area (Å²) in [5.41, 5.74) is 9.80. The van der Waals surface area contributed by atoms with Crippen molar-refractivity contribution in [1.82, 2.24) is 0 Å². The second-order valence-electron chi connectivity index (χ2n) is 1.43. The number of allylic oxidation sites excluding steroid dienone is 1. The molecular formula is C5H10N2O. The van der Waals surface area contributed by atoms with Gasteiger partial charge in [-0.05, 0) is 12.6 Å². The van der Waals surface area contributed by atoms with E-state index in [0.717, 1.165) is 0 Å². The van der Waals surface area contributed by atoms with Gasteiger partial charge in [0.15, 0.2) is 0 Å². The number of primary amides is 1. The van der Waals surface area contributed by atoms with Crippen molar-refractivity contribution in [1.29, 1.82) is 0 Å². The van der Waals surface area contributed by atoms with E-state index >= 15 is 0 Å². The molecule has 0 heterocycles. The number of amides is 1. The zero-order chi connectivity index (χ0) is 6.41. The molecular weight excluding hydrogens is 104 g/mol. The summed E-state index contributed by atoms with van der Waals surface area (Å²) in [7, 11) is 0. The maximum atomic E-state index is 10.0. The highest BCUT2D eigenvalue weighted by Gasteiger charge is 1.87. The van der Waals surface area contributed by atoms with Crippen molar-refractivity contribution in [2.24, 2.45) is 11.5 Å². The van der Waals surface area contributed by atoms with Gasteiger partial charge >= 0.3 is 0 Å². The molecule has 0 atom stereocenters. The lowest BCUT2D eigenvalue weighted by Gasteiger charge is -1.84. The highest BCUT2D eigenvalue weighted by atomic mass is 16.1. The van der Waals surface area contributed by atoms with E-state index in [1.165, 1.54) is 6.20 Å². The van der Waals surface area contributed by atoms with Crippen LogP contribution in [-0.4, -0.2) is 5.91 Å². The summed E-state index contributed by atoms with van der Waals surface area (Å²) < 4.78 is 0. The number of rotatable bonds is 3. The van der Waals surface area contributed by atoms with Crippen molar-refractivity contribution >= 4 is 5.91 Å². The van der Waals surface area contributed by atoms with Crippen LogP contribution >= 0.6 is 0 Å². The molecule has 0 aliphatic carbocycles. The Hall–Kier alpha value is -0.990. The number of hydrogen-bond acceptors (Lipinski definition) is 2. The Bertz CT molecular complexity index is 98.6. The molecule has 4 N–H and O–H groups in total. The summed E-state index contributed by atoms with van der Waals surface area (Å²) in [5, 5.41) is 0. The van der Waals surface area contributed by atoms with Crippen LogP contribution in [-0.2, 0) is 4.79 Å². The molecule has 0 aromatic heterocycles. The molecule has 0 saturated heterocycles. The zero-order valence-electron chi connectivity index (χ0n) is 4.63. The standard InChI is InChI=1S/C5H10N2O/c6-4-2-1-3-5(7)8/h2,4H,1,3,6H2,(H2,7,8)/b4-2+. The summed E-state index contributed by atoms with van der Waals surface area (Å²) >= 11 is 0. The fraction of sp³-hybridized carbons (Fsp3) is 0.400. The van der Waals surface area contributed by atoms with Gasteiger partial charge in [0.05, 0.1) is 0 Å². The molecule has 0 saturated carbocycles. The monoisotopic (exact) mass is 114 g/mol. The van der Waals surface area contributed by atoms with Crippen LogP contribution in [0.25, 0.3) is 0 Å². The predicted octanol–water partition coefficient (Wildman–Crippen LogP) is -0.276. The minimum Gasteiger partial charge on any atom is -0.405 e. The second-order valence-corrected chi connectivity index (χ2v) is 1.43. The van der Waals surface area contributed by atoms with E-state index in [-0.39, 0.29) is 5.91 Å². The van der Waals surface area contributed by atoms with Gasteiger partial charge in [0, 0.05) is 6.42 Å². The van der Waals surface area contributed by atoms with E-state index in [0.29, 0.717) is 12.8 Å². The molecule has 3 heteroatoms. The van der Waals surface area contributed by atoms with E-state index in [1.54, 1.807) is 6.08 Å². The van der Waals surface area contributed by atoms with E-state index in [9.17, 15) is 4.79 Å². The molecule has 8 heavy (non-hydrogen) atoms. The predicted molar refractivity (Wildman–Crippen MR) is 31.8 cm³/mol. The lowest BCUT2D eigenvalue weighted by atomic mass is 10.3. The van der Waals surface area contributed by atoms with Crippen LogP contribution in [0.5, 0.6) is 0 Å². The van der Waals surface area contributed by atoms with Gasteiger partial charge in [-0.3, -0.25) is 4.79 Å². The summed E-state index contributed by atoms with van der Waals surface area (Å²) in [6.45, 7) is 0. The van der Waals surface area contributed by atoms with Crippen molar-refractivity contribution in [2.75, 3.05) is 0 Å². The van der Waals surface area contributed by atoms with Crippen LogP contribution in [0.15, 0.2) is 12.3 Å². The Kier molecular flexibility index (Phi) is 3.66. The molecule has 1 amide bonds. The average molecular weight is 114 g/mol. The Morgan fingerprint density at radius 3 is 2.62 bits per heavy atom. The first-order valence-electron chi connectivity index (χ1n) is 2.42. The third-order valence-corrected chi connectivity index (χ3v) is 0.693. The fourth-order valence-corrected chi connectivity index (χ4v) is 0.322. The van der Waals surface area contributed by atoms with Gasteiger partial charge in [-0.1, -0.05) is 6.08 Å². The van der Waals surface area contributed by atoms with Crippen molar-refractivity contribution in [3.8, 4) is 0 Å². The molecule has 0 spiro atoms. The minimum atomic E-state index is -0.289. The topological polar surface area (TPSA) is 69.1 Å². The van der Waals surface area contributed by atoms with Crippen LogP contribution in [0.1, 0.15) is 12.8 Å². The summed E-state index contributed by atoms with van der Waals surface area (Å²) in [5.74, 6) is -0.289. The van der Waals surface area contributed by atoms with Crippen LogP contribution in [0, 0.1) is 0 Å². The van der Waals surface area contributed by atoms with Gasteiger partial charge < -0.3 is 11.5 Å². The van der Waals surface area contributed by atoms with Crippen molar-refractivity contribution < 1.29 is 4.79 Å². The number of carbonyl (C=O) groups is 1. The van der Waals surface area contributed by atoms with Crippen LogP contribution < -0.4 is 11.5 Å². The van der Waals surface area contributed by atoms with Gasteiger partial charge in [-0.15, -0.1) is 0 Å². The third-order valence-electron chi connectivity index (χ3n) is 0.693. The van der Waals surface area contributed by atoms with Gasteiger partial charge in [-0.25, -0.2) is 0 Å². The number of carbonyl (C=O) groups excluding carboxylic acids is 1. The molecule has 0 aliphatic rings. The highest BCUT2D eigenvalue weighted by molar-refractivity contribution is 5.73. The zero-order valence-corrected chi connectivity index (χ0v) is 4.63. The Morgan fingerprint density at radius 1 is 1.62 bits per heavy atom. The molecule has 0 radical (unpaired) electrons. The molecule has 0 bridgehead atoms. The number of nitrogens with two attached hydrogens (primary N) is 2. The molecule has 0 aromatic rings. The van der Waals surface area contributed by atoms with Crippen LogP contribution in [0.2, 0.25) is 0 Å². The van der Waals surface area contributed by atoms with E-state index in [4.69, 9.17) is 11.5 Å². The first kappa shape index (κ1) is 7.01. The molecule has 0 aliphatic heterocycles. The molecule has 0 fully saturated rings. The van der Waals surface area contributed by atoms with E-state index in [2.05, 4.69) is 0 Å². The van der Waals surface area contributed by atoms with Crippen molar-refractivity contribution in [3.63, 3.8) is 0 Å². The highest BCUT2D eigenvalue weighted by Crippen LogP contribution is 1.85. The summed E-state index contributed by atoms with van der Waals surface area (Å²) in [6.07, 6.45) is 4.13. The Labute approximate surface area is 48.4 Å². The SMILES string of the molecule is N/C=C/CCC(N)=O. The Balaban J connectivity index is 3.05. The third kappa shape index (κ3) is 5.01. The first-order valence-corrected chi connectivity index (χ1v) is 2.42. The van der Waals surface area contributed by atoms with Crippen LogP contribution in [0.3, 0.4) is 0 Å². The lowest BCUT2D eigenvalue weighted by molar-refractivity contribution is -0.117. The summed E-state index contributed by atoms with van der Waals surface area (Å²) in [4.78, 5) is 10.0. The maximum Gasteiger partial charge on any atom is 0.217 e. The molecule has 0 rings (SSSR count). The van der Waals surface area contributed by atoms with Crippen LogP contribution in [0.4, 0.5) is 0 Å². The van der Waals surface area contributed by atoms with Gasteiger partial charge in [0.2, 0.25) is 5.91 Å². The van der Waals surface area contributed by atoms with Gasteiger partial charge in [-0.2, -0.15) is 0 Å². The van der Waals surface area contributed by atoms with Crippen molar-refractivity contribution in [3.05, 3.63) is 12.3 Å². The molecule has 0 unspecified atom stereocenters. The van der Waals surface area contributed by atoms with E-state index in [1.807, 2.05) is 0 Å². The maximum absolute atomic E-state index is 10.0. The van der Waals surface area contributed by atoms with Crippen molar-refractivity contribution in [2.45, 2.75) is 12.8 Å². The largest absolute Gasteiger partial charge is 0.405 e. The summed E-state index contributed by atoms with van der Waals surface area (Å²) in [6, 6.07) is 0. The molecule has 0 aromatic carbocycles. The second kappa shape index (κ2) is 4.18. The Morgan fingerprint density at radius 2 is 2.25 bits per heavy atom. The molecule has 3 nitrogen and oxygen atoms in total. The lowest BCUT2D eigenvalue weighted by Crippen LogP contribution is -2.08. The van der Waals surface area contributed by atoms with Gasteiger partial charge in [0.25, 0.3) is 0 Å². The molecule has 46 valence electrons. The van der Waals surface area contributed by atoms with E-state index < -0.39 is 0 Å². The quantitative estimate of drug-likeness (QED) is 0.530. The fourth-order valence-electron chi connectivity index (χ4n) is 0.322. The number of hydrogen-bond donors (Lipinski definition) is 2. The average Bonchev–Trinajstić information content (AvgIpc) is 1.66. The van der Waals surface area contributed by atoms with Gasteiger partial charge in [0.1, 0.15) is 0 Å². The minimum absolute atomic E-state index is 0.289. The normalized spacial score (nSPS) is 10.0. The smallest absolute Gasteiger partial charge is 0.217 e.